The molecule has 0 aliphatic carbocycles. The Morgan fingerprint density at radius 2 is 1.86 bits per heavy atom. The number of halogens is 1. The zero-order chi connectivity index (χ0) is 15.7. The van der Waals surface area contributed by atoms with Crippen molar-refractivity contribution in [2.24, 2.45) is 5.73 Å². The smallest absolute Gasteiger partial charge is 0.0625 e. The molecule has 0 radical (unpaired) electrons. The molecule has 1 unspecified atom stereocenters. The van der Waals surface area contributed by atoms with Gasteiger partial charge in [0.15, 0.2) is 0 Å². The number of nitrogens with one attached hydrogen (secondary N) is 1. The summed E-state index contributed by atoms with van der Waals surface area (Å²) in [5, 5.41) is 4.28. The third-order valence-electron chi connectivity index (χ3n) is 3.84. The number of hydrogen-bond donors (Lipinski definition) is 2. The van der Waals surface area contributed by atoms with Gasteiger partial charge in [-0.05, 0) is 44.2 Å². The standard InChI is InChI=1S/C18H20ClN3/c1-12-11-22(15-9-7-14(19)8-10-15)17-6-4-3-5-16(17)18(21-12)13(2)20/h3-10,12,21H,11,20H2,1-2H3/b18-13-. The van der Waals surface area contributed by atoms with E-state index in [9.17, 15) is 0 Å². The highest BCUT2D eigenvalue weighted by Gasteiger charge is 2.23. The molecule has 114 valence electrons. The second-order valence-electron chi connectivity index (χ2n) is 5.71. The van der Waals surface area contributed by atoms with Crippen molar-refractivity contribution in [3.63, 3.8) is 0 Å². The molecule has 0 saturated carbocycles. The van der Waals surface area contributed by atoms with E-state index in [0.29, 0.717) is 0 Å². The minimum absolute atomic E-state index is 0.275. The highest BCUT2D eigenvalue weighted by molar-refractivity contribution is 6.30. The SMILES string of the molecule is C/C(N)=C1/NC(C)CN(c2ccc(Cl)cc2)c2ccccc21. The van der Waals surface area contributed by atoms with E-state index in [4.69, 9.17) is 17.3 Å². The number of fused-ring (bicyclic) bond motifs is 1. The average molecular weight is 314 g/mol. The Labute approximate surface area is 136 Å². The number of hydrogen-bond acceptors (Lipinski definition) is 3. The quantitative estimate of drug-likeness (QED) is 0.832. The molecule has 0 aromatic heterocycles. The molecule has 3 N–H and O–H groups in total. The zero-order valence-corrected chi connectivity index (χ0v) is 13.6. The molecule has 4 heteroatoms. The number of rotatable bonds is 1. The van der Waals surface area contributed by atoms with E-state index in [1.165, 1.54) is 0 Å². The highest BCUT2D eigenvalue weighted by atomic mass is 35.5. The molecule has 0 saturated heterocycles. The number of benzene rings is 2. The molecule has 0 fully saturated rings. The second-order valence-corrected chi connectivity index (χ2v) is 6.14. The van der Waals surface area contributed by atoms with Gasteiger partial charge in [-0.3, -0.25) is 0 Å². The van der Waals surface area contributed by atoms with Crippen molar-refractivity contribution in [2.45, 2.75) is 19.9 Å². The summed E-state index contributed by atoms with van der Waals surface area (Å²) in [6, 6.07) is 16.6. The molecule has 22 heavy (non-hydrogen) atoms. The highest BCUT2D eigenvalue weighted by Crippen LogP contribution is 2.35. The maximum absolute atomic E-state index is 6.10. The van der Waals surface area contributed by atoms with Crippen LogP contribution in [0.5, 0.6) is 0 Å². The van der Waals surface area contributed by atoms with Gasteiger partial charge in [-0.2, -0.15) is 0 Å². The van der Waals surface area contributed by atoms with Crippen molar-refractivity contribution in [3.8, 4) is 0 Å². The normalized spacial score (nSPS) is 20.0. The van der Waals surface area contributed by atoms with E-state index in [-0.39, 0.29) is 6.04 Å². The van der Waals surface area contributed by atoms with Crippen LogP contribution in [0.15, 0.2) is 54.2 Å². The lowest BCUT2D eigenvalue weighted by Crippen LogP contribution is -2.33. The summed E-state index contributed by atoms with van der Waals surface area (Å²) in [6.45, 7) is 4.96. The Balaban J connectivity index is 2.16. The van der Waals surface area contributed by atoms with E-state index >= 15 is 0 Å². The van der Waals surface area contributed by atoms with Gasteiger partial charge < -0.3 is 16.0 Å². The van der Waals surface area contributed by atoms with Crippen molar-refractivity contribution < 1.29 is 0 Å². The van der Waals surface area contributed by atoms with Crippen LogP contribution in [0.3, 0.4) is 0 Å². The largest absolute Gasteiger partial charge is 0.401 e. The summed E-state index contributed by atoms with van der Waals surface area (Å²) in [6.07, 6.45) is 0. The van der Waals surface area contributed by atoms with Gasteiger partial charge in [-0.15, -0.1) is 0 Å². The van der Waals surface area contributed by atoms with Crippen LogP contribution in [0.4, 0.5) is 11.4 Å². The van der Waals surface area contributed by atoms with E-state index < -0.39 is 0 Å². The fourth-order valence-electron chi connectivity index (χ4n) is 2.85. The molecular weight excluding hydrogens is 294 g/mol. The molecule has 0 spiro atoms. The summed E-state index contributed by atoms with van der Waals surface area (Å²) in [5.41, 5.74) is 11.3. The van der Waals surface area contributed by atoms with Crippen LogP contribution in [0.2, 0.25) is 5.02 Å². The van der Waals surface area contributed by atoms with Crippen LogP contribution >= 0.6 is 11.6 Å². The fraction of sp³-hybridized carbons (Fsp3) is 0.222. The molecule has 1 heterocycles. The van der Waals surface area contributed by atoms with Gasteiger partial charge in [0.2, 0.25) is 0 Å². The molecule has 0 bridgehead atoms. The Kier molecular flexibility index (Phi) is 3.99. The number of nitrogens with two attached hydrogens (primary N) is 1. The summed E-state index contributed by atoms with van der Waals surface area (Å²) in [5.74, 6) is 0. The molecule has 3 nitrogen and oxygen atoms in total. The van der Waals surface area contributed by atoms with E-state index in [2.05, 4.69) is 47.5 Å². The van der Waals surface area contributed by atoms with Gasteiger partial charge in [0.05, 0.1) is 11.4 Å². The van der Waals surface area contributed by atoms with Crippen molar-refractivity contribution >= 4 is 28.7 Å². The van der Waals surface area contributed by atoms with E-state index in [0.717, 1.165) is 39.9 Å². The molecule has 2 aromatic carbocycles. The van der Waals surface area contributed by atoms with Gasteiger partial charge >= 0.3 is 0 Å². The van der Waals surface area contributed by atoms with Crippen molar-refractivity contribution in [3.05, 3.63) is 64.8 Å². The Bertz CT molecular complexity index is 703. The van der Waals surface area contributed by atoms with Crippen LogP contribution in [-0.4, -0.2) is 12.6 Å². The molecule has 1 aliphatic heterocycles. The average Bonchev–Trinajstić information content (AvgIpc) is 2.65. The molecule has 1 aliphatic rings. The van der Waals surface area contributed by atoms with Gasteiger partial charge in [0.1, 0.15) is 0 Å². The first-order valence-corrected chi connectivity index (χ1v) is 7.79. The first-order valence-electron chi connectivity index (χ1n) is 7.41. The van der Waals surface area contributed by atoms with Crippen LogP contribution in [-0.2, 0) is 0 Å². The lowest BCUT2D eigenvalue weighted by Gasteiger charge is -2.26. The fourth-order valence-corrected chi connectivity index (χ4v) is 2.98. The minimum atomic E-state index is 0.275. The van der Waals surface area contributed by atoms with Gasteiger partial charge in [0, 0.05) is 34.6 Å². The molecule has 0 amide bonds. The molecule has 1 atom stereocenters. The lowest BCUT2D eigenvalue weighted by atomic mass is 10.1. The van der Waals surface area contributed by atoms with Crippen molar-refractivity contribution in [1.29, 1.82) is 0 Å². The second kappa shape index (κ2) is 5.93. The van der Waals surface area contributed by atoms with Crippen LogP contribution < -0.4 is 16.0 Å². The molecule has 3 rings (SSSR count). The Morgan fingerprint density at radius 3 is 2.55 bits per heavy atom. The summed E-state index contributed by atoms with van der Waals surface area (Å²) in [7, 11) is 0. The Morgan fingerprint density at radius 1 is 1.18 bits per heavy atom. The first-order chi connectivity index (χ1) is 10.6. The third-order valence-corrected chi connectivity index (χ3v) is 4.10. The summed E-state index contributed by atoms with van der Waals surface area (Å²) >= 11 is 6.02. The number of nitrogens with zero attached hydrogens (tertiary/aromatic N) is 1. The zero-order valence-electron chi connectivity index (χ0n) is 12.8. The minimum Gasteiger partial charge on any atom is -0.401 e. The predicted molar refractivity (Wildman–Crippen MR) is 94.3 cm³/mol. The van der Waals surface area contributed by atoms with Crippen LogP contribution in [0, 0.1) is 0 Å². The topological polar surface area (TPSA) is 41.3 Å². The number of anilines is 2. The molecular formula is C18H20ClN3. The number of para-hydroxylation sites is 1. The summed E-state index contributed by atoms with van der Waals surface area (Å²) in [4.78, 5) is 2.30. The van der Waals surface area contributed by atoms with Gasteiger partial charge in [-0.1, -0.05) is 29.8 Å². The Hall–Kier alpha value is -2.13. The lowest BCUT2D eigenvalue weighted by molar-refractivity contribution is 0.659. The maximum atomic E-state index is 6.10. The van der Waals surface area contributed by atoms with E-state index in [1.54, 1.807) is 0 Å². The van der Waals surface area contributed by atoms with E-state index in [1.807, 2.05) is 25.1 Å². The van der Waals surface area contributed by atoms with Gasteiger partial charge in [-0.25, -0.2) is 0 Å². The monoisotopic (exact) mass is 313 g/mol. The van der Waals surface area contributed by atoms with Gasteiger partial charge in [0.25, 0.3) is 0 Å². The van der Waals surface area contributed by atoms with Crippen molar-refractivity contribution in [1.82, 2.24) is 5.32 Å². The summed E-state index contributed by atoms with van der Waals surface area (Å²) < 4.78 is 0. The van der Waals surface area contributed by atoms with Crippen LogP contribution in [0.25, 0.3) is 5.70 Å². The van der Waals surface area contributed by atoms with Crippen LogP contribution in [0.1, 0.15) is 19.4 Å². The molecule has 2 aromatic rings. The maximum Gasteiger partial charge on any atom is 0.0625 e. The third kappa shape index (κ3) is 2.77. The van der Waals surface area contributed by atoms with Crippen molar-refractivity contribution in [2.75, 3.05) is 11.4 Å². The predicted octanol–water partition coefficient (Wildman–Crippen LogP) is 4.12. The number of allylic oxidation sites excluding steroid dienone is 1. The first kappa shape index (κ1) is 14.8.